The largest absolute Gasteiger partial charge is 0.754 e. The highest BCUT2D eigenvalue weighted by molar-refractivity contribution is 7.77. The molecule has 0 aliphatic carbocycles. The molecule has 1 atom stereocenters. The van der Waals surface area contributed by atoms with Gasteiger partial charge in [0.2, 0.25) is 0 Å². The van der Waals surface area contributed by atoms with E-state index in [9.17, 15) is 13.2 Å². The minimum Gasteiger partial charge on any atom is -0.754 e. The fourth-order valence-corrected chi connectivity index (χ4v) is 1.68. The summed E-state index contributed by atoms with van der Waals surface area (Å²) >= 11 is -2.60. The van der Waals surface area contributed by atoms with Crippen molar-refractivity contribution in [3.63, 3.8) is 0 Å². The highest BCUT2D eigenvalue weighted by atomic mass is 32.2. The molecule has 17 heavy (non-hydrogen) atoms. The fraction of sp³-hybridized carbons (Fsp3) is 0. The maximum atomic E-state index is 12.8. The van der Waals surface area contributed by atoms with Crippen molar-refractivity contribution in [1.29, 1.82) is 0 Å². The average Bonchev–Trinajstić information content (AvgIpc) is 2.80. The van der Waals surface area contributed by atoms with Gasteiger partial charge in [0.05, 0.1) is 17.5 Å². The van der Waals surface area contributed by atoms with Crippen LogP contribution >= 0.6 is 0 Å². The molecule has 0 aliphatic heterocycles. The fourth-order valence-electron chi connectivity index (χ4n) is 1.34. The molecule has 1 aromatic heterocycles. The highest BCUT2D eigenvalue weighted by Crippen LogP contribution is 2.13. The van der Waals surface area contributed by atoms with E-state index in [1.807, 2.05) is 0 Å². The molecule has 0 bridgehead atoms. The van der Waals surface area contributed by atoms with Gasteiger partial charge in [-0.2, -0.15) is 4.40 Å². The van der Waals surface area contributed by atoms with Crippen LogP contribution in [0.25, 0.3) is 0 Å². The van der Waals surface area contributed by atoms with E-state index >= 15 is 0 Å². The molecule has 0 radical (unpaired) electrons. The van der Waals surface area contributed by atoms with Gasteiger partial charge in [-0.15, -0.1) is 0 Å². The zero-order valence-corrected chi connectivity index (χ0v) is 9.32. The molecule has 1 aromatic carbocycles. The second kappa shape index (κ2) is 5.03. The van der Waals surface area contributed by atoms with Crippen molar-refractivity contribution in [3.8, 4) is 0 Å². The number of hydrogen-bond donors (Lipinski definition) is 0. The minimum absolute atomic E-state index is 0.142. The summed E-state index contributed by atoms with van der Waals surface area (Å²) in [6.45, 7) is 0. The molecular formula is C11H7FNO3S-. The lowest BCUT2D eigenvalue weighted by atomic mass is 10.1. The van der Waals surface area contributed by atoms with Crippen LogP contribution in [0.15, 0.2) is 51.5 Å². The molecule has 6 heteroatoms. The van der Waals surface area contributed by atoms with Crippen molar-refractivity contribution in [2.75, 3.05) is 0 Å². The Kier molecular flexibility index (Phi) is 3.46. The summed E-state index contributed by atoms with van der Waals surface area (Å²) in [6, 6.07) is 8.51. The van der Waals surface area contributed by atoms with Gasteiger partial charge in [-0.1, -0.05) is 0 Å². The zero-order chi connectivity index (χ0) is 12.3. The number of benzene rings is 1. The summed E-state index contributed by atoms with van der Waals surface area (Å²) < 4.78 is 42.6. The van der Waals surface area contributed by atoms with Gasteiger partial charge in [0.1, 0.15) is 11.5 Å². The quantitative estimate of drug-likeness (QED) is 0.620. The smallest absolute Gasteiger partial charge is 0.153 e. The van der Waals surface area contributed by atoms with E-state index in [1.54, 1.807) is 12.1 Å². The van der Waals surface area contributed by atoms with Crippen LogP contribution < -0.4 is 0 Å². The first-order chi connectivity index (χ1) is 8.16. The van der Waals surface area contributed by atoms with Crippen LogP contribution in [-0.2, 0) is 11.3 Å². The lowest BCUT2D eigenvalue weighted by molar-refractivity contribution is 0.537. The van der Waals surface area contributed by atoms with Gasteiger partial charge in [-0.3, -0.25) is 4.21 Å². The van der Waals surface area contributed by atoms with E-state index in [-0.39, 0.29) is 5.71 Å². The molecule has 0 saturated heterocycles. The minimum atomic E-state index is -2.60. The van der Waals surface area contributed by atoms with Crippen molar-refractivity contribution in [2.45, 2.75) is 0 Å². The van der Waals surface area contributed by atoms with Gasteiger partial charge in [0, 0.05) is 5.56 Å². The molecule has 4 nitrogen and oxygen atoms in total. The molecule has 88 valence electrons. The molecule has 1 unspecified atom stereocenters. The number of furan rings is 1. The van der Waals surface area contributed by atoms with Crippen LogP contribution in [0.2, 0.25) is 0 Å². The lowest BCUT2D eigenvalue weighted by Gasteiger charge is -2.05. The summed E-state index contributed by atoms with van der Waals surface area (Å²) in [7, 11) is 0. The number of nitrogens with zero attached hydrogens (tertiary/aromatic N) is 1. The van der Waals surface area contributed by atoms with Gasteiger partial charge >= 0.3 is 0 Å². The second-order valence-corrected chi connectivity index (χ2v) is 3.76. The molecule has 0 N–H and O–H groups in total. The predicted octanol–water partition coefficient (Wildman–Crippen LogP) is 2.05. The molecular weight excluding hydrogens is 245 g/mol. The standard InChI is InChI=1S/C11H8FNO3S/c12-9-5-3-8(4-6-9)11(13-17(14)15)10-2-1-7-16-10/h1-7H,(H,14,15)/p-1. The van der Waals surface area contributed by atoms with Crippen molar-refractivity contribution in [3.05, 3.63) is 59.8 Å². The Bertz CT molecular complexity index is 549. The molecule has 1 heterocycles. The Labute approximate surface area is 99.2 Å². The van der Waals surface area contributed by atoms with Crippen LogP contribution in [0.1, 0.15) is 11.3 Å². The first-order valence-corrected chi connectivity index (χ1v) is 5.68. The Balaban J connectivity index is 2.48. The van der Waals surface area contributed by atoms with E-state index in [4.69, 9.17) is 4.42 Å². The van der Waals surface area contributed by atoms with E-state index in [2.05, 4.69) is 4.40 Å². The third-order valence-electron chi connectivity index (χ3n) is 2.04. The average molecular weight is 252 g/mol. The second-order valence-electron chi connectivity index (χ2n) is 3.14. The first-order valence-electron chi connectivity index (χ1n) is 4.65. The zero-order valence-electron chi connectivity index (χ0n) is 8.50. The van der Waals surface area contributed by atoms with Gasteiger partial charge in [0.15, 0.2) is 5.76 Å². The van der Waals surface area contributed by atoms with Crippen molar-refractivity contribution >= 4 is 17.0 Å². The van der Waals surface area contributed by atoms with E-state index in [1.165, 1.54) is 30.5 Å². The maximum absolute atomic E-state index is 12.8. The summed E-state index contributed by atoms with van der Waals surface area (Å²) in [5.74, 6) is -0.100. The Morgan fingerprint density at radius 3 is 2.53 bits per heavy atom. The normalized spacial score (nSPS) is 13.6. The number of hydrogen-bond acceptors (Lipinski definition) is 3. The predicted molar refractivity (Wildman–Crippen MR) is 59.7 cm³/mol. The van der Waals surface area contributed by atoms with Crippen LogP contribution in [-0.4, -0.2) is 14.5 Å². The van der Waals surface area contributed by atoms with Crippen molar-refractivity contribution in [2.24, 2.45) is 4.40 Å². The van der Waals surface area contributed by atoms with E-state index in [0.29, 0.717) is 11.3 Å². The molecule has 2 rings (SSSR count). The molecule has 0 fully saturated rings. The summed E-state index contributed by atoms with van der Waals surface area (Å²) in [4.78, 5) is 0. The molecule has 0 spiro atoms. The molecule has 0 saturated carbocycles. The van der Waals surface area contributed by atoms with E-state index < -0.39 is 17.1 Å². The van der Waals surface area contributed by atoms with Gasteiger partial charge < -0.3 is 8.97 Å². The van der Waals surface area contributed by atoms with Gasteiger partial charge in [-0.25, -0.2) is 4.39 Å². The van der Waals surface area contributed by atoms with Crippen LogP contribution in [0.5, 0.6) is 0 Å². The monoisotopic (exact) mass is 252 g/mol. The Morgan fingerprint density at radius 1 is 1.29 bits per heavy atom. The third kappa shape index (κ3) is 2.86. The van der Waals surface area contributed by atoms with Gasteiger partial charge in [-0.05, 0) is 36.4 Å². The Hall–Kier alpha value is -1.79. The van der Waals surface area contributed by atoms with Crippen LogP contribution in [0, 0.1) is 5.82 Å². The number of halogens is 1. The van der Waals surface area contributed by atoms with Gasteiger partial charge in [0.25, 0.3) is 0 Å². The Morgan fingerprint density at radius 2 is 2.00 bits per heavy atom. The van der Waals surface area contributed by atoms with E-state index in [0.717, 1.165) is 0 Å². The summed E-state index contributed by atoms with van der Waals surface area (Å²) in [5.41, 5.74) is 0.605. The summed E-state index contributed by atoms with van der Waals surface area (Å²) in [5, 5.41) is 0. The number of rotatable bonds is 3. The van der Waals surface area contributed by atoms with Crippen LogP contribution in [0.3, 0.4) is 0 Å². The molecule has 0 aliphatic rings. The highest BCUT2D eigenvalue weighted by Gasteiger charge is 2.10. The maximum Gasteiger partial charge on any atom is 0.153 e. The summed E-state index contributed by atoms with van der Waals surface area (Å²) in [6.07, 6.45) is 1.40. The van der Waals surface area contributed by atoms with Crippen molar-refractivity contribution in [1.82, 2.24) is 0 Å². The van der Waals surface area contributed by atoms with Crippen LogP contribution in [0.4, 0.5) is 4.39 Å². The molecule has 0 amide bonds. The first kappa shape index (κ1) is 11.7. The third-order valence-corrected chi connectivity index (χ3v) is 2.37. The SMILES string of the molecule is O=S([O-])N=C(c1ccc(F)cc1)c1ccco1. The van der Waals surface area contributed by atoms with Crippen molar-refractivity contribution < 1.29 is 17.6 Å². The lowest BCUT2D eigenvalue weighted by Crippen LogP contribution is -2.03. The topological polar surface area (TPSA) is 65.6 Å². The molecule has 2 aromatic rings.